The first-order valence-electron chi connectivity index (χ1n) is 9.37. The summed E-state index contributed by atoms with van der Waals surface area (Å²) in [7, 11) is 1.58. The van der Waals surface area contributed by atoms with E-state index in [1.807, 2.05) is 72.8 Å². The second-order valence-corrected chi connectivity index (χ2v) is 6.60. The minimum Gasteiger partial charge on any atom is -0.497 e. The van der Waals surface area contributed by atoms with E-state index in [0.717, 1.165) is 11.1 Å². The molecule has 4 nitrogen and oxygen atoms in total. The zero-order valence-corrected chi connectivity index (χ0v) is 15.9. The number of carbonyl (C=O) groups is 1. The molecule has 0 amide bonds. The highest BCUT2D eigenvalue weighted by Gasteiger charge is 2.22. The number of carbonyl (C=O) groups excluding carboxylic acids is 1. The molecule has 0 spiro atoms. The van der Waals surface area contributed by atoms with E-state index in [2.05, 4.69) is 5.32 Å². The van der Waals surface area contributed by atoms with Crippen molar-refractivity contribution in [3.63, 3.8) is 0 Å². The van der Waals surface area contributed by atoms with Gasteiger partial charge in [-0.15, -0.1) is 0 Å². The molecule has 0 fully saturated rings. The van der Waals surface area contributed by atoms with Crippen LogP contribution in [0.1, 0.15) is 40.1 Å². The van der Waals surface area contributed by atoms with Gasteiger partial charge in [0.1, 0.15) is 5.75 Å². The summed E-state index contributed by atoms with van der Waals surface area (Å²) in [6.45, 7) is 0.458. The van der Waals surface area contributed by atoms with E-state index in [9.17, 15) is 9.90 Å². The summed E-state index contributed by atoms with van der Waals surface area (Å²) in [6.07, 6.45) is -0.381. The van der Waals surface area contributed by atoms with Crippen molar-refractivity contribution in [3.8, 4) is 5.75 Å². The number of aliphatic hydroxyl groups excluding tert-OH is 1. The van der Waals surface area contributed by atoms with Crippen molar-refractivity contribution in [2.24, 2.45) is 0 Å². The lowest BCUT2D eigenvalue weighted by Gasteiger charge is -2.25. The van der Waals surface area contributed by atoms with Crippen LogP contribution >= 0.6 is 0 Å². The van der Waals surface area contributed by atoms with Crippen LogP contribution in [0.5, 0.6) is 5.75 Å². The summed E-state index contributed by atoms with van der Waals surface area (Å²) in [6, 6.07) is 26.2. The van der Waals surface area contributed by atoms with E-state index >= 15 is 0 Å². The van der Waals surface area contributed by atoms with Gasteiger partial charge in [0.05, 0.1) is 19.3 Å². The number of hydrogen-bond acceptors (Lipinski definition) is 4. The smallest absolute Gasteiger partial charge is 0.164 e. The Balaban J connectivity index is 1.69. The van der Waals surface area contributed by atoms with Crippen LogP contribution in [0.2, 0.25) is 0 Å². The molecule has 2 unspecified atom stereocenters. The van der Waals surface area contributed by atoms with Crippen LogP contribution in [0, 0.1) is 0 Å². The minimum absolute atomic E-state index is 0.0346. The molecule has 2 N–H and O–H groups in total. The molecule has 0 heterocycles. The lowest BCUT2D eigenvalue weighted by molar-refractivity contribution is 0.0968. The molecule has 0 saturated heterocycles. The Labute approximate surface area is 165 Å². The van der Waals surface area contributed by atoms with Gasteiger partial charge in [-0.3, -0.25) is 4.79 Å². The molecule has 0 bridgehead atoms. The third-order valence-corrected chi connectivity index (χ3v) is 4.72. The van der Waals surface area contributed by atoms with E-state index < -0.39 is 6.10 Å². The Bertz CT molecular complexity index is 881. The van der Waals surface area contributed by atoms with Gasteiger partial charge in [-0.2, -0.15) is 0 Å². The van der Waals surface area contributed by atoms with Crippen LogP contribution in [0.25, 0.3) is 0 Å². The lowest BCUT2D eigenvalue weighted by atomic mass is 9.95. The lowest BCUT2D eigenvalue weighted by Crippen LogP contribution is -2.29. The van der Waals surface area contributed by atoms with Crippen LogP contribution in [-0.2, 0) is 0 Å². The molecule has 0 aromatic heterocycles. The summed E-state index contributed by atoms with van der Waals surface area (Å²) in [5.74, 6) is 0.702. The maximum atomic E-state index is 12.5. The molecule has 0 aliphatic heterocycles. The average molecular weight is 375 g/mol. The Kier molecular flexibility index (Phi) is 6.95. The molecule has 3 aromatic carbocycles. The second kappa shape index (κ2) is 9.83. The molecule has 144 valence electrons. The molecule has 3 rings (SSSR count). The number of Topliss-reactive ketones (excluding diaryl/α,β-unsaturated/α-hetero) is 1. The van der Waals surface area contributed by atoms with Crippen molar-refractivity contribution in [2.75, 3.05) is 13.7 Å². The highest BCUT2D eigenvalue weighted by atomic mass is 16.5. The molecule has 0 aliphatic carbocycles. The number of hydrogen-bond donors (Lipinski definition) is 2. The largest absolute Gasteiger partial charge is 0.497 e. The van der Waals surface area contributed by atoms with Gasteiger partial charge in [0.25, 0.3) is 0 Å². The third-order valence-electron chi connectivity index (χ3n) is 4.72. The fraction of sp³-hybridized carbons (Fsp3) is 0.208. The number of methoxy groups -OCH3 is 1. The number of benzene rings is 3. The Hall–Kier alpha value is -2.95. The summed E-state index contributed by atoms with van der Waals surface area (Å²) in [4.78, 5) is 12.5. The second-order valence-electron chi connectivity index (χ2n) is 6.60. The Morgan fingerprint density at radius 1 is 0.929 bits per heavy atom. The van der Waals surface area contributed by atoms with E-state index in [1.165, 1.54) is 0 Å². The van der Waals surface area contributed by atoms with Gasteiger partial charge in [-0.25, -0.2) is 0 Å². The van der Waals surface area contributed by atoms with Gasteiger partial charge < -0.3 is 15.2 Å². The highest BCUT2D eigenvalue weighted by Crippen LogP contribution is 2.28. The zero-order chi connectivity index (χ0) is 19.8. The topological polar surface area (TPSA) is 58.6 Å². The van der Waals surface area contributed by atoms with Crippen molar-refractivity contribution < 1.29 is 14.6 Å². The van der Waals surface area contributed by atoms with Crippen molar-refractivity contribution in [1.82, 2.24) is 5.32 Å². The van der Waals surface area contributed by atoms with Gasteiger partial charge in [0.15, 0.2) is 5.78 Å². The standard InChI is InChI=1S/C24H25NO3/c1-28-21-14-8-13-20(17-21)22(26)15-16-25-23(18-9-4-2-5-10-18)24(27)19-11-6-3-7-12-19/h2-14,17,23-25,27H,15-16H2,1H3. The Morgan fingerprint density at radius 3 is 2.21 bits per heavy atom. The molecule has 0 radical (unpaired) electrons. The quantitative estimate of drug-likeness (QED) is 0.547. The monoisotopic (exact) mass is 375 g/mol. The predicted molar refractivity (Wildman–Crippen MR) is 111 cm³/mol. The fourth-order valence-corrected chi connectivity index (χ4v) is 3.20. The van der Waals surface area contributed by atoms with E-state index in [-0.39, 0.29) is 11.8 Å². The minimum atomic E-state index is -0.712. The normalized spacial score (nSPS) is 12.9. The molecule has 3 aromatic rings. The average Bonchev–Trinajstić information content (AvgIpc) is 2.77. The maximum absolute atomic E-state index is 12.5. The SMILES string of the molecule is COc1cccc(C(=O)CCNC(c2ccccc2)C(O)c2ccccc2)c1. The first kappa shape index (κ1) is 19.8. The molecule has 0 aliphatic rings. The van der Waals surface area contributed by atoms with Crippen LogP contribution in [0.3, 0.4) is 0 Å². The van der Waals surface area contributed by atoms with E-state index in [4.69, 9.17) is 4.74 Å². The van der Waals surface area contributed by atoms with Gasteiger partial charge in [-0.05, 0) is 23.3 Å². The Morgan fingerprint density at radius 2 is 1.57 bits per heavy atom. The van der Waals surface area contributed by atoms with Crippen LogP contribution in [-0.4, -0.2) is 24.5 Å². The molecule has 2 atom stereocenters. The third kappa shape index (κ3) is 5.06. The van der Waals surface area contributed by atoms with Gasteiger partial charge in [0.2, 0.25) is 0 Å². The number of aliphatic hydroxyl groups is 1. The molecular formula is C24H25NO3. The van der Waals surface area contributed by atoms with Gasteiger partial charge in [-0.1, -0.05) is 72.8 Å². The van der Waals surface area contributed by atoms with Crippen LogP contribution < -0.4 is 10.1 Å². The predicted octanol–water partition coefficient (Wildman–Crippen LogP) is 4.33. The fourth-order valence-electron chi connectivity index (χ4n) is 3.20. The van der Waals surface area contributed by atoms with Crippen molar-refractivity contribution in [1.29, 1.82) is 0 Å². The first-order chi connectivity index (χ1) is 13.7. The van der Waals surface area contributed by atoms with Gasteiger partial charge >= 0.3 is 0 Å². The van der Waals surface area contributed by atoms with Gasteiger partial charge in [0, 0.05) is 18.5 Å². The number of nitrogens with one attached hydrogen (secondary N) is 1. The van der Waals surface area contributed by atoms with Crippen molar-refractivity contribution >= 4 is 5.78 Å². The molecule has 0 saturated carbocycles. The summed E-state index contributed by atoms with van der Waals surface area (Å²) in [5, 5.41) is 14.3. The van der Waals surface area contributed by atoms with Crippen molar-refractivity contribution in [3.05, 3.63) is 102 Å². The molecule has 4 heteroatoms. The van der Waals surface area contributed by atoms with E-state index in [0.29, 0.717) is 24.3 Å². The number of ketones is 1. The van der Waals surface area contributed by atoms with Crippen molar-refractivity contribution in [2.45, 2.75) is 18.6 Å². The summed E-state index contributed by atoms with van der Waals surface area (Å²) >= 11 is 0. The molecular weight excluding hydrogens is 350 g/mol. The summed E-state index contributed by atoms with van der Waals surface area (Å²) < 4.78 is 5.19. The first-order valence-corrected chi connectivity index (χ1v) is 9.37. The maximum Gasteiger partial charge on any atom is 0.164 e. The molecule has 28 heavy (non-hydrogen) atoms. The van der Waals surface area contributed by atoms with Crippen LogP contribution in [0.15, 0.2) is 84.9 Å². The van der Waals surface area contributed by atoms with Crippen LogP contribution in [0.4, 0.5) is 0 Å². The summed E-state index contributed by atoms with van der Waals surface area (Å²) in [5.41, 5.74) is 2.44. The number of rotatable bonds is 9. The number of ether oxygens (including phenoxy) is 1. The van der Waals surface area contributed by atoms with E-state index in [1.54, 1.807) is 19.2 Å². The zero-order valence-electron chi connectivity index (χ0n) is 15.9. The highest BCUT2D eigenvalue weighted by molar-refractivity contribution is 5.96.